The van der Waals surface area contributed by atoms with Gasteiger partial charge in [-0.3, -0.25) is 4.79 Å². The Balaban J connectivity index is 1.13. The van der Waals surface area contributed by atoms with Crippen LogP contribution in [0.1, 0.15) is 209 Å². The van der Waals surface area contributed by atoms with Crippen LogP contribution < -0.4 is 0 Å². The highest BCUT2D eigenvalue weighted by atomic mass is 16.5. The molecular formula is C46H80O3. The van der Waals surface area contributed by atoms with Crippen molar-refractivity contribution in [1.82, 2.24) is 0 Å². The summed E-state index contributed by atoms with van der Waals surface area (Å²) in [6.07, 6.45) is 32.6. The first kappa shape index (κ1) is 39.4. The van der Waals surface area contributed by atoms with Gasteiger partial charge in [0.15, 0.2) is 0 Å². The highest BCUT2D eigenvalue weighted by Gasteiger charge is 2.68. The Morgan fingerprint density at radius 3 is 1.94 bits per heavy atom. The summed E-state index contributed by atoms with van der Waals surface area (Å²) in [4.78, 5) is 13.2. The quantitative estimate of drug-likeness (QED) is 0.100. The average Bonchev–Trinajstić information content (AvgIpc) is 3.04. The Bertz CT molecular complexity index is 1140. The van der Waals surface area contributed by atoms with E-state index in [9.17, 15) is 9.90 Å². The molecule has 0 aromatic heterocycles. The largest absolute Gasteiger partial charge is 0.462 e. The summed E-state index contributed by atoms with van der Waals surface area (Å²) in [6.45, 7) is 20.3. The number of carbonyl (C=O) groups excluding carboxylic acids is 1. The van der Waals surface area contributed by atoms with Gasteiger partial charge in [-0.15, -0.1) is 0 Å². The third-order valence-electron chi connectivity index (χ3n) is 16.9. The molecule has 3 heteroatoms. The van der Waals surface area contributed by atoms with E-state index in [1.54, 1.807) is 5.57 Å². The molecule has 4 fully saturated rings. The van der Waals surface area contributed by atoms with Gasteiger partial charge in [0.05, 0.1) is 0 Å². The van der Waals surface area contributed by atoms with E-state index in [0.29, 0.717) is 36.2 Å². The molecule has 0 aliphatic heterocycles. The Labute approximate surface area is 304 Å². The number of hydrogen-bond acceptors (Lipinski definition) is 3. The summed E-state index contributed by atoms with van der Waals surface area (Å²) >= 11 is 0. The van der Waals surface area contributed by atoms with Crippen molar-refractivity contribution >= 4 is 5.97 Å². The topological polar surface area (TPSA) is 46.5 Å². The van der Waals surface area contributed by atoms with Crippen LogP contribution in [0.15, 0.2) is 11.6 Å². The van der Waals surface area contributed by atoms with Crippen LogP contribution in [-0.4, -0.2) is 23.8 Å². The van der Waals surface area contributed by atoms with Gasteiger partial charge in [0.1, 0.15) is 6.10 Å². The summed E-state index contributed by atoms with van der Waals surface area (Å²) in [7, 11) is 0. The molecule has 49 heavy (non-hydrogen) atoms. The fraction of sp³-hybridized carbons (Fsp3) is 0.935. The lowest BCUT2D eigenvalue weighted by Crippen LogP contribution is -2.65. The van der Waals surface area contributed by atoms with Crippen molar-refractivity contribution in [2.75, 3.05) is 6.61 Å². The molecule has 5 rings (SSSR count). The average molecular weight is 681 g/mol. The van der Waals surface area contributed by atoms with Crippen LogP contribution in [0.3, 0.4) is 0 Å². The van der Waals surface area contributed by atoms with Crippen molar-refractivity contribution in [3.8, 4) is 0 Å². The number of aliphatic hydroxyl groups excluding tert-OH is 1. The molecule has 3 nitrogen and oxygen atoms in total. The number of ether oxygens (including phenoxy) is 1. The molecular weight excluding hydrogens is 601 g/mol. The standard InChI is InChI=1S/C46H80O3/c1-9-10-11-12-13-14-15-16-17-18-19-20-21-22-40(48)49-39-24-23-38-44(7)27-25-35-36-33-41(2,3)29-31-46(36,34-47)32-30-43(35,6)37(44)26-28-45(38,8)42(39,4)5/h25,36-39,47H,9-24,26-34H2,1-8H3/t36-,37-,38+,39-,43+,44-,45+,46+/m0/s1. The first-order chi connectivity index (χ1) is 23.2. The van der Waals surface area contributed by atoms with E-state index in [1.165, 1.54) is 128 Å². The minimum absolute atomic E-state index is 0.0259. The summed E-state index contributed by atoms with van der Waals surface area (Å²) < 4.78 is 6.43. The van der Waals surface area contributed by atoms with Gasteiger partial charge in [-0.05, 0) is 110 Å². The highest BCUT2D eigenvalue weighted by molar-refractivity contribution is 5.69. The Morgan fingerprint density at radius 2 is 1.33 bits per heavy atom. The molecule has 0 saturated heterocycles. The Kier molecular flexibility index (Phi) is 12.6. The predicted molar refractivity (Wildman–Crippen MR) is 206 cm³/mol. The lowest BCUT2D eigenvalue weighted by molar-refractivity contribution is -0.219. The lowest BCUT2D eigenvalue weighted by atomic mass is 9.34. The fourth-order valence-electron chi connectivity index (χ4n) is 13.2. The van der Waals surface area contributed by atoms with E-state index in [4.69, 9.17) is 4.74 Å². The van der Waals surface area contributed by atoms with Gasteiger partial charge < -0.3 is 9.84 Å². The van der Waals surface area contributed by atoms with Crippen molar-refractivity contribution in [2.45, 2.75) is 216 Å². The minimum Gasteiger partial charge on any atom is -0.462 e. The molecule has 282 valence electrons. The summed E-state index contributed by atoms with van der Waals surface area (Å²) in [6, 6.07) is 0. The van der Waals surface area contributed by atoms with Crippen molar-refractivity contribution in [3.05, 3.63) is 11.6 Å². The molecule has 0 heterocycles. The zero-order chi connectivity index (χ0) is 35.6. The normalized spacial score (nSPS) is 39.2. The van der Waals surface area contributed by atoms with E-state index in [-0.39, 0.29) is 39.1 Å². The van der Waals surface area contributed by atoms with E-state index in [2.05, 4.69) is 61.5 Å². The van der Waals surface area contributed by atoms with Crippen LogP contribution in [-0.2, 0) is 9.53 Å². The minimum atomic E-state index is -0.0353. The molecule has 0 amide bonds. The molecule has 4 saturated carbocycles. The number of aliphatic hydroxyl groups is 1. The Morgan fingerprint density at radius 1 is 0.735 bits per heavy atom. The first-order valence-corrected chi connectivity index (χ1v) is 21.7. The van der Waals surface area contributed by atoms with E-state index in [0.717, 1.165) is 19.3 Å². The van der Waals surface area contributed by atoms with Gasteiger partial charge in [-0.25, -0.2) is 0 Å². The Hall–Kier alpha value is -0.830. The molecule has 0 unspecified atom stereocenters. The number of unbranched alkanes of at least 4 members (excludes halogenated alkanes) is 12. The van der Waals surface area contributed by atoms with Crippen LogP contribution in [0.2, 0.25) is 0 Å². The maximum Gasteiger partial charge on any atom is 0.306 e. The molecule has 0 spiro atoms. The van der Waals surface area contributed by atoms with Crippen molar-refractivity contribution in [1.29, 1.82) is 0 Å². The number of allylic oxidation sites excluding steroid dienone is 2. The van der Waals surface area contributed by atoms with Crippen LogP contribution in [0.4, 0.5) is 0 Å². The fourth-order valence-corrected chi connectivity index (χ4v) is 13.2. The SMILES string of the molecule is CCCCCCCCCCCCCCCC(=O)O[C@H]1CC[C@@H]2[C@@]3(C)CC=C4[C@@H]5CC(C)(C)CC[C@]5(CO)CC[C@@]4(C)[C@@H]3CC[C@@]2(C)C1(C)C. The molecule has 0 aromatic carbocycles. The number of rotatable bonds is 16. The lowest BCUT2D eigenvalue weighted by Gasteiger charge is -2.70. The first-order valence-electron chi connectivity index (χ1n) is 21.7. The summed E-state index contributed by atoms with van der Waals surface area (Å²) in [5.74, 6) is 1.93. The third-order valence-corrected chi connectivity index (χ3v) is 16.9. The molecule has 8 atom stereocenters. The second-order valence-corrected chi connectivity index (χ2v) is 20.6. The molecule has 0 radical (unpaired) electrons. The van der Waals surface area contributed by atoms with Gasteiger partial charge in [0.25, 0.3) is 0 Å². The van der Waals surface area contributed by atoms with Crippen molar-refractivity contribution < 1.29 is 14.6 Å². The van der Waals surface area contributed by atoms with Crippen LogP contribution in [0.25, 0.3) is 0 Å². The smallest absolute Gasteiger partial charge is 0.306 e. The zero-order valence-corrected chi connectivity index (χ0v) is 33.8. The van der Waals surface area contributed by atoms with E-state index < -0.39 is 0 Å². The maximum atomic E-state index is 13.2. The number of hydrogen-bond donors (Lipinski definition) is 1. The second kappa shape index (κ2) is 15.6. The summed E-state index contributed by atoms with van der Waals surface area (Å²) in [5.41, 5.74) is 2.85. The van der Waals surface area contributed by atoms with E-state index in [1.807, 2.05) is 0 Å². The molecule has 5 aliphatic carbocycles. The predicted octanol–water partition coefficient (Wildman–Crippen LogP) is 13.2. The maximum absolute atomic E-state index is 13.2. The number of carbonyl (C=O) groups is 1. The van der Waals surface area contributed by atoms with Gasteiger partial charge in [0.2, 0.25) is 0 Å². The second-order valence-electron chi connectivity index (χ2n) is 20.6. The third kappa shape index (κ3) is 7.65. The van der Waals surface area contributed by atoms with E-state index >= 15 is 0 Å². The van der Waals surface area contributed by atoms with Gasteiger partial charge in [-0.1, -0.05) is 144 Å². The van der Waals surface area contributed by atoms with Crippen molar-refractivity contribution in [3.63, 3.8) is 0 Å². The van der Waals surface area contributed by atoms with Crippen LogP contribution in [0, 0.1) is 50.2 Å². The van der Waals surface area contributed by atoms with Gasteiger partial charge in [0, 0.05) is 23.9 Å². The number of fused-ring (bicyclic) bond motifs is 7. The van der Waals surface area contributed by atoms with Gasteiger partial charge in [-0.2, -0.15) is 0 Å². The summed E-state index contributed by atoms with van der Waals surface area (Å²) in [5, 5.41) is 10.8. The molecule has 1 N–H and O–H groups in total. The van der Waals surface area contributed by atoms with Crippen LogP contribution >= 0.6 is 0 Å². The number of esters is 1. The van der Waals surface area contributed by atoms with Gasteiger partial charge >= 0.3 is 5.97 Å². The highest BCUT2D eigenvalue weighted by Crippen LogP contribution is 2.75. The van der Waals surface area contributed by atoms with Crippen molar-refractivity contribution in [2.24, 2.45) is 50.2 Å². The molecule has 5 aliphatic rings. The van der Waals surface area contributed by atoms with Crippen LogP contribution in [0.5, 0.6) is 0 Å². The zero-order valence-electron chi connectivity index (χ0n) is 33.8. The molecule has 0 aromatic rings. The monoisotopic (exact) mass is 681 g/mol. The molecule has 0 bridgehead atoms.